The molecular formula is C62H51Ir3N13-6. The van der Waals surface area contributed by atoms with Crippen LogP contribution in [0.1, 0.15) is 22.3 Å². The Morgan fingerprint density at radius 3 is 1.45 bits per heavy atom. The van der Waals surface area contributed by atoms with Crippen LogP contribution in [0, 0.1) is 65.9 Å². The number of pyridine rings is 1. The molecule has 16 heteroatoms. The van der Waals surface area contributed by atoms with E-state index in [0.717, 1.165) is 91.0 Å². The summed E-state index contributed by atoms with van der Waals surface area (Å²) in [6, 6.07) is 60.2. The predicted molar refractivity (Wildman–Crippen MR) is 300 cm³/mol. The largest absolute Gasteiger partial charge is 0.491 e. The molecule has 4 aromatic heterocycles. The monoisotopic (exact) mass is 1560 g/mol. The molecule has 397 valence electrons. The van der Waals surface area contributed by atoms with E-state index in [1.807, 2.05) is 177 Å². The van der Waals surface area contributed by atoms with E-state index < -0.39 is 0 Å². The van der Waals surface area contributed by atoms with Gasteiger partial charge in [-0.3, -0.25) is 4.98 Å². The van der Waals surface area contributed by atoms with Gasteiger partial charge in [-0.2, -0.15) is 104 Å². The molecule has 3 radical (unpaired) electrons. The van der Waals surface area contributed by atoms with Crippen molar-refractivity contribution in [3.63, 3.8) is 0 Å². The van der Waals surface area contributed by atoms with E-state index in [0.29, 0.717) is 5.82 Å². The van der Waals surface area contributed by atoms with E-state index in [2.05, 4.69) is 123 Å². The zero-order valence-corrected chi connectivity index (χ0v) is 50.6. The van der Waals surface area contributed by atoms with Crippen molar-refractivity contribution in [2.24, 2.45) is 0 Å². The number of aromatic nitrogens is 7. The third-order valence-electron chi connectivity index (χ3n) is 13.0. The molecule has 0 spiro atoms. The second-order valence-corrected chi connectivity index (χ2v) is 18.1. The van der Waals surface area contributed by atoms with Crippen LogP contribution in [-0.2, 0) is 60.3 Å². The third-order valence-corrected chi connectivity index (χ3v) is 13.0. The molecule has 0 bridgehead atoms. The zero-order chi connectivity index (χ0) is 51.4. The molecule has 3 aliphatic rings. The summed E-state index contributed by atoms with van der Waals surface area (Å²) in [7, 11) is 3.98. The van der Waals surface area contributed by atoms with Crippen LogP contribution in [-0.4, -0.2) is 49.0 Å². The molecular weight excluding hydrogens is 1500 g/mol. The summed E-state index contributed by atoms with van der Waals surface area (Å²) in [5, 5.41) is 0. The van der Waals surface area contributed by atoms with Gasteiger partial charge >= 0.3 is 0 Å². The number of aryl methyl sites for hydroxylation is 4. The third kappa shape index (κ3) is 11.5. The SMILES string of the molecule is Cc1cccc(C)c1-c1ncnc2c1N(c1ccccc1)[CH-]N2c1[c-]cccc1.Cc1ccccc1-c1ncc2c(n1)N(C)[CH-]N2c1[c-]cccc1.Cc1cnccc1-c1ncc2c(n1)N(C)[CH-]N2c1[c-]cccc1.[Ir].[Ir].[Ir]. The Kier molecular flexibility index (Phi) is 18.4. The second-order valence-electron chi connectivity index (χ2n) is 18.1. The maximum absolute atomic E-state index is 4.77. The Bertz CT molecular complexity index is 3450. The first-order valence-corrected chi connectivity index (χ1v) is 24.5. The summed E-state index contributed by atoms with van der Waals surface area (Å²) < 4.78 is 0. The zero-order valence-electron chi connectivity index (χ0n) is 43.4. The number of rotatable bonds is 7. The summed E-state index contributed by atoms with van der Waals surface area (Å²) >= 11 is 0. The molecule has 0 amide bonds. The fourth-order valence-corrected chi connectivity index (χ4v) is 9.29. The van der Waals surface area contributed by atoms with Gasteiger partial charge in [-0.05, 0) is 82.2 Å². The Morgan fingerprint density at radius 2 is 0.923 bits per heavy atom. The van der Waals surface area contributed by atoms with Gasteiger partial charge in [0.15, 0.2) is 11.6 Å². The topological polar surface area (TPSA) is 110 Å². The van der Waals surface area contributed by atoms with E-state index in [9.17, 15) is 0 Å². The minimum Gasteiger partial charge on any atom is -0.491 e. The first kappa shape index (κ1) is 56.7. The van der Waals surface area contributed by atoms with Gasteiger partial charge in [0.2, 0.25) is 0 Å². The van der Waals surface area contributed by atoms with Crippen LogP contribution in [0.25, 0.3) is 34.0 Å². The standard InChI is InChI=1S/C25H20N4.C19H16N4.C18H15N5.3Ir/c1-18-10-9-11-19(2)22(18)23-24-25(27-16-26-23)29(21-14-7-4-8-15-21)17-28(24)20-12-5-3-6-13-20;1-14-8-6-7-11-16(14)18-20-12-17-19(21-18)22(2)13-23(17)15-9-4-3-5-10-15;1-13-10-19-9-8-15(13)17-20-11-16-18(21-17)22(2)12-23(16)14-6-4-3-5-7-14;;;/h3-14,16-17H,1-2H3;3-9,11-13H,1-2H3;3-6,8-12H,1-2H3;;;/q3*-2;;;. The molecule has 78 heavy (non-hydrogen) atoms. The van der Waals surface area contributed by atoms with Gasteiger partial charge in [0.05, 0.1) is 35.1 Å². The number of fused-ring (bicyclic) bond motifs is 3. The molecule has 7 heterocycles. The van der Waals surface area contributed by atoms with Crippen molar-refractivity contribution in [3.8, 4) is 34.0 Å². The van der Waals surface area contributed by atoms with Gasteiger partial charge in [-0.25, -0.2) is 29.9 Å². The average Bonchev–Trinajstić information content (AvgIpc) is 4.21. The van der Waals surface area contributed by atoms with Gasteiger partial charge in [0.1, 0.15) is 23.8 Å². The van der Waals surface area contributed by atoms with E-state index in [-0.39, 0.29) is 60.3 Å². The van der Waals surface area contributed by atoms with Crippen LogP contribution in [0.15, 0.2) is 183 Å². The summed E-state index contributed by atoms with van der Waals surface area (Å²) in [5.41, 5.74) is 15.6. The van der Waals surface area contributed by atoms with Crippen LogP contribution >= 0.6 is 0 Å². The van der Waals surface area contributed by atoms with Crippen molar-refractivity contribution < 1.29 is 60.3 Å². The quantitative estimate of drug-likeness (QED) is 0.141. The Labute approximate surface area is 497 Å². The van der Waals surface area contributed by atoms with Crippen LogP contribution in [0.5, 0.6) is 0 Å². The fraction of sp³-hybridized carbons (Fsp3) is 0.0968. The molecule has 0 unspecified atom stereocenters. The van der Waals surface area contributed by atoms with Crippen molar-refractivity contribution in [1.29, 1.82) is 0 Å². The molecule has 3 aliphatic heterocycles. The van der Waals surface area contributed by atoms with Crippen molar-refractivity contribution in [2.75, 3.05) is 43.5 Å². The first-order chi connectivity index (χ1) is 36.7. The average molecular weight is 1550 g/mol. The van der Waals surface area contributed by atoms with Gasteiger partial charge in [0.25, 0.3) is 0 Å². The van der Waals surface area contributed by atoms with E-state index >= 15 is 0 Å². The van der Waals surface area contributed by atoms with E-state index in [4.69, 9.17) is 15.0 Å². The van der Waals surface area contributed by atoms with Gasteiger partial charge < -0.3 is 29.4 Å². The maximum Gasteiger partial charge on any atom is 0.161 e. The number of nitrogens with zero attached hydrogens (tertiary/aromatic N) is 13. The molecule has 0 N–H and O–H groups in total. The number of benzene rings is 6. The Balaban J connectivity index is 0.000000153. The minimum atomic E-state index is 0. The summed E-state index contributed by atoms with van der Waals surface area (Å²) in [5.74, 6) is 4.09. The number of para-hydroxylation sites is 4. The maximum atomic E-state index is 4.77. The number of hydrogen-bond donors (Lipinski definition) is 0. The van der Waals surface area contributed by atoms with E-state index in [1.54, 1.807) is 12.5 Å². The first-order valence-electron chi connectivity index (χ1n) is 24.5. The number of hydrogen-bond acceptors (Lipinski definition) is 13. The van der Waals surface area contributed by atoms with Crippen LogP contribution < -0.4 is 29.4 Å². The van der Waals surface area contributed by atoms with Crippen molar-refractivity contribution in [2.45, 2.75) is 27.7 Å². The smallest absolute Gasteiger partial charge is 0.161 e. The van der Waals surface area contributed by atoms with Gasteiger partial charge in [0, 0.05) is 95.1 Å². The molecule has 0 saturated carbocycles. The molecule has 0 saturated heterocycles. The normalized spacial score (nSPS) is 12.6. The summed E-state index contributed by atoms with van der Waals surface area (Å²) in [6.45, 7) is 14.4. The second kappa shape index (κ2) is 25.3. The van der Waals surface area contributed by atoms with Crippen molar-refractivity contribution in [1.82, 2.24) is 34.9 Å². The predicted octanol–water partition coefficient (Wildman–Crippen LogP) is 13.3. The summed E-state index contributed by atoms with van der Waals surface area (Å²) in [6.07, 6.45) is 8.98. The van der Waals surface area contributed by atoms with Crippen LogP contribution in [0.4, 0.5) is 57.3 Å². The molecule has 0 aliphatic carbocycles. The van der Waals surface area contributed by atoms with Gasteiger partial charge in [-0.1, -0.05) is 60.7 Å². The van der Waals surface area contributed by atoms with Crippen LogP contribution in [0.2, 0.25) is 0 Å². The van der Waals surface area contributed by atoms with Crippen molar-refractivity contribution >= 4 is 57.3 Å². The van der Waals surface area contributed by atoms with Crippen LogP contribution in [0.3, 0.4) is 0 Å². The minimum absolute atomic E-state index is 0. The molecule has 13 rings (SSSR count). The molecule has 10 aromatic rings. The molecule has 0 atom stereocenters. The molecule has 0 fully saturated rings. The Morgan fingerprint density at radius 1 is 0.423 bits per heavy atom. The van der Waals surface area contributed by atoms with Gasteiger partial charge in [-0.15, -0.1) is 23.7 Å². The van der Waals surface area contributed by atoms with E-state index in [1.165, 1.54) is 16.7 Å². The molecule has 6 aromatic carbocycles. The number of anilines is 10. The molecule has 13 nitrogen and oxygen atoms in total. The Hall–Kier alpha value is -7.54. The fourth-order valence-electron chi connectivity index (χ4n) is 9.29. The van der Waals surface area contributed by atoms with Crippen molar-refractivity contribution in [3.05, 3.63) is 243 Å². The summed E-state index contributed by atoms with van der Waals surface area (Å²) in [4.78, 5) is 44.5.